The van der Waals surface area contributed by atoms with Crippen molar-refractivity contribution in [2.75, 3.05) is 14.2 Å². The van der Waals surface area contributed by atoms with Crippen LogP contribution in [-0.4, -0.2) is 19.3 Å². The number of phenols is 1. The number of hydrogen-bond donors (Lipinski definition) is 1. The zero-order valence-corrected chi connectivity index (χ0v) is 13.9. The maximum absolute atomic E-state index is 9.80. The van der Waals surface area contributed by atoms with Crippen molar-refractivity contribution in [3.63, 3.8) is 0 Å². The lowest BCUT2D eigenvalue weighted by atomic mass is 10.1. The van der Waals surface area contributed by atoms with Gasteiger partial charge < -0.3 is 14.6 Å². The lowest BCUT2D eigenvalue weighted by Gasteiger charge is -2.10. The van der Waals surface area contributed by atoms with Gasteiger partial charge in [0.15, 0.2) is 11.5 Å². The molecule has 0 fully saturated rings. The number of halogens is 2. The van der Waals surface area contributed by atoms with Gasteiger partial charge in [0.05, 0.1) is 14.2 Å². The summed E-state index contributed by atoms with van der Waals surface area (Å²) in [4.78, 5) is 0. The summed E-state index contributed by atoms with van der Waals surface area (Å²) in [7, 11) is 3.17. The Morgan fingerprint density at radius 1 is 1.00 bits per heavy atom. The van der Waals surface area contributed by atoms with Crippen LogP contribution >= 0.6 is 27.5 Å². The van der Waals surface area contributed by atoms with E-state index in [1.807, 2.05) is 18.2 Å². The Labute approximate surface area is 136 Å². The molecule has 0 saturated carbocycles. The Balaban J connectivity index is 2.39. The van der Waals surface area contributed by atoms with E-state index >= 15 is 0 Å². The molecule has 110 valence electrons. The second kappa shape index (κ2) is 6.87. The minimum absolute atomic E-state index is 0.173. The van der Waals surface area contributed by atoms with Crippen molar-refractivity contribution < 1.29 is 14.6 Å². The minimum Gasteiger partial charge on any atom is -0.507 e. The highest BCUT2D eigenvalue weighted by atomic mass is 79.9. The highest BCUT2D eigenvalue weighted by Gasteiger charge is 2.08. The molecule has 0 unspecified atom stereocenters. The Hall–Kier alpha value is -1.65. The van der Waals surface area contributed by atoms with Crippen LogP contribution in [0.25, 0.3) is 12.2 Å². The molecule has 2 aromatic carbocycles. The monoisotopic (exact) mass is 368 g/mol. The summed E-state index contributed by atoms with van der Waals surface area (Å²) in [6, 6.07) is 8.58. The standard InChI is InChI=1S/C16H14BrClO3/c1-20-15-8-10(13(17)9-16(15)21-2)3-4-11-7-12(18)5-6-14(11)19/h3-9,19H,1-2H3/b4-3+. The van der Waals surface area contributed by atoms with Gasteiger partial charge in [0, 0.05) is 15.1 Å². The van der Waals surface area contributed by atoms with E-state index < -0.39 is 0 Å². The maximum Gasteiger partial charge on any atom is 0.161 e. The molecule has 1 N–H and O–H groups in total. The summed E-state index contributed by atoms with van der Waals surface area (Å²) in [6.07, 6.45) is 3.64. The SMILES string of the molecule is COc1cc(Br)c(/C=C/c2cc(Cl)ccc2O)cc1OC. The molecule has 3 nitrogen and oxygen atoms in total. The Bertz CT molecular complexity index is 683. The molecule has 0 amide bonds. The van der Waals surface area contributed by atoms with Gasteiger partial charge in [0.2, 0.25) is 0 Å². The third kappa shape index (κ3) is 3.71. The molecule has 0 saturated heterocycles. The van der Waals surface area contributed by atoms with Gasteiger partial charge >= 0.3 is 0 Å². The molecule has 0 aliphatic carbocycles. The van der Waals surface area contributed by atoms with Crippen molar-refractivity contribution in [2.24, 2.45) is 0 Å². The van der Waals surface area contributed by atoms with Crippen molar-refractivity contribution in [1.29, 1.82) is 0 Å². The van der Waals surface area contributed by atoms with Gasteiger partial charge in [-0.1, -0.05) is 39.7 Å². The van der Waals surface area contributed by atoms with Gasteiger partial charge in [-0.05, 0) is 35.9 Å². The maximum atomic E-state index is 9.80. The van der Waals surface area contributed by atoms with Crippen molar-refractivity contribution in [3.8, 4) is 17.2 Å². The van der Waals surface area contributed by atoms with E-state index in [-0.39, 0.29) is 5.75 Å². The predicted molar refractivity (Wildman–Crippen MR) is 89.3 cm³/mol. The van der Waals surface area contributed by atoms with Gasteiger partial charge in [0.25, 0.3) is 0 Å². The topological polar surface area (TPSA) is 38.7 Å². The van der Waals surface area contributed by atoms with Gasteiger partial charge in [-0.15, -0.1) is 0 Å². The van der Waals surface area contributed by atoms with Crippen LogP contribution < -0.4 is 9.47 Å². The molecule has 0 spiro atoms. The molecular weight excluding hydrogens is 356 g/mol. The summed E-state index contributed by atoms with van der Waals surface area (Å²) in [5.74, 6) is 1.45. The third-order valence-electron chi connectivity index (χ3n) is 2.93. The molecule has 0 radical (unpaired) electrons. The normalized spacial score (nSPS) is 10.9. The van der Waals surface area contributed by atoms with Gasteiger partial charge in [-0.3, -0.25) is 0 Å². The molecule has 0 bridgehead atoms. The second-order valence-electron chi connectivity index (χ2n) is 4.27. The van der Waals surface area contributed by atoms with Crippen molar-refractivity contribution in [2.45, 2.75) is 0 Å². The average Bonchev–Trinajstić information content (AvgIpc) is 2.48. The first-order valence-electron chi connectivity index (χ1n) is 6.13. The summed E-state index contributed by atoms with van der Waals surface area (Å²) in [5, 5.41) is 10.4. The van der Waals surface area contributed by atoms with E-state index in [9.17, 15) is 5.11 Å². The van der Waals surface area contributed by atoms with Crippen LogP contribution in [0, 0.1) is 0 Å². The summed E-state index contributed by atoms with van der Waals surface area (Å²) >= 11 is 9.41. The quantitative estimate of drug-likeness (QED) is 0.771. The largest absolute Gasteiger partial charge is 0.507 e. The van der Waals surface area contributed by atoms with Gasteiger partial charge in [-0.25, -0.2) is 0 Å². The molecule has 0 heterocycles. The second-order valence-corrected chi connectivity index (χ2v) is 5.56. The van der Waals surface area contributed by atoms with E-state index in [1.54, 1.807) is 38.5 Å². The van der Waals surface area contributed by atoms with Crippen LogP contribution in [0.5, 0.6) is 17.2 Å². The summed E-state index contributed by atoms with van der Waals surface area (Å²) < 4.78 is 11.4. The molecule has 21 heavy (non-hydrogen) atoms. The number of ether oxygens (including phenoxy) is 2. The minimum atomic E-state index is 0.173. The molecular formula is C16H14BrClO3. The van der Waals surface area contributed by atoms with Crippen LogP contribution in [0.15, 0.2) is 34.8 Å². The Morgan fingerprint density at radius 3 is 2.29 bits per heavy atom. The highest BCUT2D eigenvalue weighted by Crippen LogP contribution is 2.34. The van der Waals surface area contributed by atoms with Crippen LogP contribution in [0.4, 0.5) is 0 Å². The fourth-order valence-corrected chi connectivity index (χ4v) is 2.47. The molecule has 0 aliphatic heterocycles. The highest BCUT2D eigenvalue weighted by molar-refractivity contribution is 9.10. The number of hydrogen-bond acceptors (Lipinski definition) is 3. The van der Waals surface area contributed by atoms with E-state index in [0.29, 0.717) is 22.1 Å². The fourth-order valence-electron chi connectivity index (χ4n) is 1.84. The first-order chi connectivity index (χ1) is 10.0. The van der Waals surface area contributed by atoms with Gasteiger partial charge in [0.1, 0.15) is 5.75 Å². The number of rotatable bonds is 4. The number of benzene rings is 2. The van der Waals surface area contributed by atoms with Crippen molar-refractivity contribution in [3.05, 3.63) is 51.0 Å². The molecule has 2 aromatic rings. The van der Waals surface area contributed by atoms with E-state index in [2.05, 4.69) is 15.9 Å². The fraction of sp³-hybridized carbons (Fsp3) is 0.125. The Kier molecular flexibility index (Phi) is 5.15. The zero-order valence-electron chi connectivity index (χ0n) is 11.6. The van der Waals surface area contributed by atoms with E-state index in [0.717, 1.165) is 10.0 Å². The third-order valence-corrected chi connectivity index (χ3v) is 3.86. The van der Waals surface area contributed by atoms with Crippen LogP contribution in [0.3, 0.4) is 0 Å². The molecule has 2 rings (SSSR count). The average molecular weight is 370 g/mol. The first-order valence-corrected chi connectivity index (χ1v) is 7.30. The zero-order chi connectivity index (χ0) is 15.4. The van der Waals surface area contributed by atoms with Crippen molar-refractivity contribution in [1.82, 2.24) is 0 Å². The van der Waals surface area contributed by atoms with Crippen LogP contribution in [0.2, 0.25) is 5.02 Å². The smallest absolute Gasteiger partial charge is 0.161 e. The van der Waals surface area contributed by atoms with Gasteiger partial charge in [-0.2, -0.15) is 0 Å². The summed E-state index contributed by atoms with van der Waals surface area (Å²) in [6.45, 7) is 0. The Morgan fingerprint density at radius 2 is 1.62 bits per heavy atom. The molecule has 0 aliphatic rings. The molecule has 0 atom stereocenters. The first kappa shape index (κ1) is 15.7. The van der Waals surface area contributed by atoms with Crippen LogP contribution in [-0.2, 0) is 0 Å². The molecule has 5 heteroatoms. The lowest BCUT2D eigenvalue weighted by molar-refractivity contribution is 0.354. The van der Waals surface area contributed by atoms with E-state index in [1.165, 1.54) is 0 Å². The van der Waals surface area contributed by atoms with Crippen molar-refractivity contribution >= 4 is 39.7 Å². The lowest BCUT2D eigenvalue weighted by Crippen LogP contribution is -1.91. The number of aromatic hydroxyl groups is 1. The number of methoxy groups -OCH3 is 2. The summed E-state index contributed by atoms with van der Waals surface area (Å²) in [5.41, 5.74) is 1.54. The molecule has 0 aromatic heterocycles. The van der Waals surface area contributed by atoms with E-state index in [4.69, 9.17) is 21.1 Å². The predicted octanol–water partition coefficient (Wildman–Crippen LogP) is 5.00. The van der Waals surface area contributed by atoms with Crippen LogP contribution in [0.1, 0.15) is 11.1 Å². The number of phenolic OH excluding ortho intramolecular Hbond substituents is 1.